The summed E-state index contributed by atoms with van der Waals surface area (Å²) in [5.41, 5.74) is 0. The quantitative estimate of drug-likeness (QED) is 0.484. The molecule has 0 radical (unpaired) electrons. The average Bonchev–Trinajstić information content (AvgIpc) is 2.38. The minimum absolute atomic E-state index is 0.0929. The maximum atomic E-state index is 10.0. The second-order valence-corrected chi connectivity index (χ2v) is 5.59. The van der Waals surface area contributed by atoms with E-state index in [9.17, 15) is 5.11 Å². The monoisotopic (exact) mass is 258 g/mol. The number of aliphatic hydroxyl groups is 2. The van der Waals surface area contributed by atoms with Crippen LogP contribution < -0.4 is 0 Å². The van der Waals surface area contributed by atoms with Crippen LogP contribution in [0.3, 0.4) is 0 Å². The lowest BCUT2D eigenvalue weighted by molar-refractivity contribution is 0.125. The first-order valence-corrected chi connectivity index (χ1v) is 8.03. The van der Waals surface area contributed by atoms with Crippen molar-refractivity contribution in [1.82, 2.24) is 0 Å². The maximum absolute atomic E-state index is 10.0. The van der Waals surface area contributed by atoms with E-state index in [-0.39, 0.29) is 6.10 Å². The van der Waals surface area contributed by atoms with Gasteiger partial charge < -0.3 is 10.2 Å². The standard InChI is InChI=1S/C16H34O2/c1-3-5-11-15(4-2)14-16(18)12-9-7-6-8-10-13-17/h15-18H,3-14H2,1-2H3. The van der Waals surface area contributed by atoms with E-state index in [0.717, 1.165) is 32.1 Å². The fourth-order valence-electron chi connectivity index (χ4n) is 2.51. The minimum atomic E-state index is -0.0929. The summed E-state index contributed by atoms with van der Waals surface area (Å²) in [6.45, 7) is 4.79. The zero-order valence-corrected chi connectivity index (χ0v) is 12.5. The maximum Gasteiger partial charge on any atom is 0.0542 e. The molecule has 0 spiro atoms. The van der Waals surface area contributed by atoms with Crippen molar-refractivity contribution in [3.63, 3.8) is 0 Å². The summed E-state index contributed by atoms with van der Waals surface area (Å²) in [7, 11) is 0. The van der Waals surface area contributed by atoms with E-state index in [1.54, 1.807) is 0 Å². The first-order chi connectivity index (χ1) is 8.74. The van der Waals surface area contributed by atoms with Crippen LogP contribution in [0.5, 0.6) is 0 Å². The van der Waals surface area contributed by atoms with Crippen molar-refractivity contribution in [2.75, 3.05) is 6.61 Å². The molecule has 0 aliphatic rings. The van der Waals surface area contributed by atoms with Crippen LogP contribution in [0.4, 0.5) is 0 Å². The highest BCUT2D eigenvalue weighted by Gasteiger charge is 2.12. The lowest BCUT2D eigenvalue weighted by Crippen LogP contribution is -2.13. The molecular formula is C16H34O2. The van der Waals surface area contributed by atoms with Gasteiger partial charge in [0.15, 0.2) is 0 Å². The molecule has 0 heterocycles. The van der Waals surface area contributed by atoms with Gasteiger partial charge in [-0.05, 0) is 25.2 Å². The highest BCUT2D eigenvalue weighted by atomic mass is 16.3. The van der Waals surface area contributed by atoms with E-state index in [1.807, 2.05) is 0 Å². The molecule has 0 amide bonds. The van der Waals surface area contributed by atoms with Gasteiger partial charge in [0.1, 0.15) is 0 Å². The molecule has 0 rings (SSSR count). The van der Waals surface area contributed by atoms with Gasteiger partial charge in [-0.2, -0.15) is 0 Å². The third kappa shape index (κ3) is 11.0. The molecule has 0 fully saturated rings. The Bertz CT molecular complexity index is 159. The normalized spacial score (nSPS) is 14.7. The minimum Gasteiger partial charge on any atom is -0.396 e. The molecule has 110 valence electrons. The van der Waals surface area contributed by atoms with Gasteiger partial charge in [-0.1, -0.05) is 65.2 Å². The number of hydrogen-bond donors (Lipinski definition) is 2. The van der Waals surface area contributed by atoms with Gasteiger partial charge in [0.05, 0.1) is 6.10 Å². The third-order valence-corrected chi connectivity index (χ3v) is 3.84. The summed E-state index contributed by atoms with van der Waals surface area (Å²) in [5.74, 6) is 0.717. The van der Waals surface area contributed by atoms with E-state index < -0.39 is 0 Å². The number of unbranched alkanes of at least 4 members (excludes halogenated alkanes) is 5. The molecule has 0 aromatic rings. The summed E-state index contributed by atoms with van der Waals surface area (Å²) in [4.78, 5) is 0. The van der Waals surface area contributed by atoms with Crippen LogP contribution in [0.25, 0.3) is 0 Å². The molecule has 2 atom stereocenters. The van der Waals surface area contributed by atoms with Crippen LogP contribution in [-0.4, -0.2) is 22.9 Å². The lowest BCUT2D eigenvalue weighted by Gasteiger charge is -2.18. The molecule has 0 aromatic carbocycles. The fourth-order valence-corrected chi connectivity index (χ4v) is 2.51. The molecular weight excluding hydrogens is 224 g/mol. The third-order valence-electron chi connectivity index (χ3n) is 3.84. The Morgan fingerprint density at radius 3 is 2.11 bits per heavy atom. The Labute approximate surface area is 114 Å². The van der Waals surface area contributed by atoms with Crippen LogP contribution in [0.1, 0.15) is 84.5 Å². The summed E-state index contributed by atoms with van der Waals surface area (Å²) in [5, 5.41) is 18.7. The summed E-state index contributed by atoms with van der Waals surface area (Å²) < 4.78 is 0. The SMILES string of the molecule is CCCCC(CC)CC(O)CCCCCCCO. The molecule has 0 aliphatic carbocycles. The van der Waals surface area contributed by atoms with Gasteiger partial charge >= 0.3 is 0 Å². The summed E-state index contributed by atoms with van der Waals surface area (Å²) in [6, 6.07) is 0. The molecule has 0 bridgehead atoms. The molecule has 0 saturated heterocycles. The molecule has 18 heavy (non-hydrogen) atoms. The molecule has 0 aromatic heterocycles. The van der Waals surface area contributed by atoms with Gasteiger partial charge in [-0.3, -0.25) is 0 Å². The molecule has 2 unspecified atom stereocenters. The van der Waals surface area contributed by atoms with E-state index in [2.05, 4.69) is 13.8 Å². The van der Waals surface area contributed by atoms with Crippen molar-refractivity contribution in [3.8, 4) is 0 Å². The Kier molecular flexibility index (Phi) is 13.3. The van der Waals surface area contributed by atoms with Crippen LogP contribution in [0.15, 0.2) is 0 Å². The smallest absolute Gasteiger partial charge is 0.0542 e. The molecule has 0 aliphatic heterocycles. The van der Waals surface area contributed by atoms with Gasteiger partial charge in [-0.25, -0.2) is 0 Å². The number of hydrogen-bond acceptors (Lipinski definition) is 2. The average molecular weight is 258 g/mol. The Hall–Kier alpha value is -0.0800. The number of rotatable bonds is 13. The van der Waals surface area contributed by atoms with Crippen LogP contribution in [0.2, 0.25) is 0 Å². The van der Waals surface area contributed by atoms with Gasteiger partial charge in [0.2, 0.25) is 0 Å². The Balaban J connectivity index is 3.46. The molecule has 2 N–H and O–H groups in total. The van der Waals surface area contributed by atoms with E-state index >= 15 is 0 Å². The van der Waals surface area contributed by atoms with E-state index in [4.69, 9.17) is 5.11 Å². The van der Waals surface area contributed by atoms with Gasteiger partial charge in [0.25, 0.3) is 0 Å². The molecule has 0 saturated carbocycles. The van der Waals surface area contributed by atoms with E-state index in [1.165, 1.54) is 38.5 Å². The predicted molar refractivity (Wildman–Crippen MR) is 78.7 cm³/mol. The van der Waals surface area contributed by atoms with Crippen LogP contribution in [0, 0.1) is 5.92 Å². The van der Waals surface area contributed by atoms with Crippen molar-refractivity contribution < 1.29 is 10.2 Å². The highest BCUT2D eigenvalue weighted by Crippen LogP contribution is 2.21. The highest BCUT2D eigenvalue weighted by molar-refractivity contribution is 4.64. The van der Waals surface area contributed by atoms with Crippen molar-refractivity contribution in [2.45, 2.75) is 90.6 Å². The van der Waals surface area contributed by atoms with Crippen molar-refractivity contribution >= 4 is 0 Å². The fraction of sp³-hybridized carbons (Fsp3) is 1.00. The van der Waals surface area contributed by atoms with Crippen molar-refractivity contribution in [3.05, 3.63) is 0 Å². The zero-order valence-electron chi connectivity index (χ0n) is 12.5. The second-order valence-electron chi connectivity index (χ2n) is 5.59. The van der Waals surface area contributed by atoms with Crippen molar-refractivity contribution in [1.29, 1.82) is 0 Å². The van der Waals surface area contributed by atoms with Gasteiger partial charge in [0, 0.05) is 6.61 Å². The molecule has 2 heteroatoms. The van der Waals surface area contributed by atoms with E-state index in [0.29, 0.717) is 12.5 Å². The summed E-state index contributed by atoms with van der Waals surface area (Å²) >= 11 is 0. The first kappa shape index (κ1) is 17.9. The second kappa shape index (κ2) is 13.4. The predicted octanol–water partition coefficient (Wildman–Crippen LogP) is 4.29. The van der Waals surface area contributed by atoms with Crippen molar-refractivity contribution in [2.24, 2.45) is 5.92 Å². The number of aliphatic hydroxyl groups excluding tert-OH is 2. The van der Waals surface area contributed by atoms with Crippen LogP contribution >= 0.6 is 0 Å². The Morgan fingerprint density at radius 1 is 0.833 bits per heavy atom. The Morgan fingerprint density at radius 2 is 1.50 bits per heavy atom. The molecule has 2 nitrogen and oxygen atoms in total. The summed E-state index contributed by atoms with van der Waals surface area (Å²) in [6.07, 6.45) is 12.5. The largest absolute Gasteiger partial charge is 0.396 e. The topological polar surface area (TPSA) is 40.5 Å². The van der Waals surface area contributed by atoms with Gasteiger partial charge in [-0.15, -0.1) is 0 Å². The zero-order chi connectivity index (χ0) is 13.6. The first-order valence-electron chi connectivity index (χ1n) is 8.03. The lowest BCUT2D eigenvalue weighted by atomic mass is 9.91. The van der Waals surface area contributed by atoms with Crippen LogP contribution in [-0.2, 0) is 0 Å².